The number of nitrogens with one attached hydrogen (secondary N) is 1. The number of anilines is 1. The summed E-state index contributed by atoms with van der Waals surface area (Å²) < 4.78 is 5.04. The van der Waals surface area contributed by atoms with Gasteiger partial charge in [0.1, 0.15) is 5.69 Å². The van der Waals surface area contributed by atoms with E-state index in [-0.39, 0.29) is 12.0 Å². The highest BCUT2D eigenvalue weighted by Crippen LogP contribution is 2.18. The second kappa shape index (κ2) is 8.87. The van der Waals surface area contributed by atoms with Gasteiger partial charge < -0.3 is 19.9 Å². The number of ether oxygens (including phenoxy) is 1. The fourth-order valence-corrected chi connectivity index (χ4v) is 3.52. The third-order valence-electron chi connectivity index (χ3n) is 5.02. The van der Waals surface area contributed by atoms with Crippen LogP contribution in [0.4, 0.5) is 10.5 Å². The van der Waals surface area contributed by atoms with E-state index in [1.807, 2.05) is 17.9 Å². The van der Waals surface area contributed by atoms with Gasteiger partial charge in [-0.1, -0.05) is 0 Å². The minimum absolute atomic E-state index is 0.0268. The summed E-state index contributed by atoms with van der Waals surface area (Å²) >= 11 is 0. The van der Waals surface area contributed by atoms with Crippen LogP contribution in [0.3, 0.4) is 0 Å². The zero-order valence-corrected chi connectivity index (χ0v) is 15.4. The second-order valence-corrected chi connectivity index (χ2v) is 6.89. The normalized spacial score (nSPS) is 18.5. The summed E-state index contributed by atoms with van der Waals surface area (Å²) in [6.45, 7) is 5.27. The van der Waals surface area contributed by atoms with E-state index in [4.69, 9.17) is 4.74 Å². The van der Waals surface area contributed by atoms with Gasteiger partial charge in [0.25, 0.3) is 5.91 Å². The second-order valence-electron chi connectivity index (χ2n) is 6.89. The molecule has 0 radical (unpaired) electrons. The van der Waals surface area contributed by atoms with Gasteiger partial charge in [-0.15, -0.1) is 0 Å². The first-order valence-electron chi connectivity index (χ1n) is 9.61. The van der Waals surface area contributed by atoms with Crippen LogP contribution in [0.2, 0.25) is 0 Å². The van der Waals surface area contributed by atoms with Gasteiger partial charge >= 0.3 is 6.09 Å². The molecule has 7 heteroatoms. The van der Waals surface area contributed by atoms with E-state index in [1.54, 1.807) is 17.2 Å². The van der Waals surface area contributed by atoms with Crippen LogP contribution in [0, 0.1) is 0 Å². The van der Waals surface area contributed by atoms with Crippen molar-refractivity contribution in [1.82, 2.24) is 14.8 Å². The lowest BCUT2D eigenvalue weighted by atomic mass is 10.1. The Bertz CT molecular complexity index is 606. The smallest absolute Gasteiger partial charge is 0.409 e. The molecular weight excluding hydrogens is 332 g/mol. The van der Waals surface area contributed by atoms with Crippen molar-refractivity contribution in [3.05, 3.63) is 24.0 Å². The first-order valence-corrected chi connectivity index (χ1v) is 9.61. The number of carbonyl (C=O) groups excluding carboxylic acids is 2. The molecule has 0 saturated carbocycles. The number of amides is 2. The molecular formula is C19H28N4O3. The SMILES string of the molecule is CCOC(=O)N1CCC(Nc2ccc(C(=O)N3CCCCC3)nc2)CC1. The predicted octanol–water partition coefficient (Wildman–Crippen LogP) is 2.74. The van der Waals surface area contributed by atoms with Crippen molar-refractivity contribution in [3.8, 4) is 0 Å². The zero-order chi connectivity index (χ0) is 18.4. The van der Waals surface area contributed by atoms with Crippen LogP contribution < -0.4 is 5.32 Å². The summed E-state index contributed by atoms with van der Waals surface area (Å²) in [5.74, 6) is 0.0268. The van der Waals surface area contributed by atoms with Crippen LogP contribution in [-0.2, 0) is 4.74 Å². The van der Waals surface area contributed by atoms with Crippen LogP contribution in [0.5, 0.6) is 0 Å². The van der Waals surface area contributed by atoms with E-state index in [0.29, 0.717) is 31.4 Å². The number of hydrogen-bond acceptors (Lipinski definition) is 5. The molecule has 1 N–H and O–H groups in total. The van der Waals surface area contributed by atoms with Gasteiger partial charge in [-0.2, -0.15) is 0 Å². The highest BCUT2D eigenvalue weighted by atomic mass is 16.6. The van der Waals surface area contributed by atoms with E-state index in [9.17, 15) is 9.59 Å². The Labute approximate surface area is 154 Å². The van der Waals surface area contributed by atoms with E-state index >= 15 is 0 Å². The molecule has 3 rings (SSSR count). The molecule has 2 fully saturated rings. The molecule has 0 spiro atoms. The maximum atomic E-state index is 12.4. The van der Waals surface area contributed by atoms with Crippen molar-refractivity contribution in [3.63, 3.8) is 0 Å². The van der Waals surface area contributed by atoms with Gasteiger partial charge in [0, 0.05) is 32.2 Å². The Morgan fingerprint density at radius 2 is 1.85 bits per heavy atom. The zero-order valence-electron chi connectivity index (χ0n) is 15.4. The molecule has 0 bridgehead atoms. The van der Waals surface area contributed by atoms with Gasteiger partial charge in [-0.05, 0) is 51.2 Å². The highest BCUT2D eigenvalue weighted by Gasteiger charge is 2.24. The molecule has 26 heavy (non-hydrogen) atoms. The van der Waals surface area contributed by atoms with Gasteiger partial charge in [-0.3, -0.25) is 4.79 Å². The fraction of sp³-hybridized carbons (Fsp3) is 0.632. The molecule has 0 aliphatic carbocycles. The molecule has 7 nitrogen and oxygen atoms in total. The lowest BCUT2D eigenvalue weighted by molar-refractivity contribution is 0.0718. The average molecular weight is 360 g/mol. The summed E-state index contributed by atoms with van der Waals surface area (Å²) in [4.78, 5) is 32.2. The Morgan fingerprint density at radius 1 is 1.12 bits per heavy atom. The van der Waals surface area contributed by atoms with E-state index < -0.39 is 0 Å². The number of carbonyl (C=O) groups is 2. The lowest BCUT2D eigenvalue weighted by Crippen LogP contribution is -2.42. The molecule has 2 saturated heterocycles. The summed E-state index contributed by atoms with van der Waals surface area (Å²) in [6.07, 6.45) is 6.60. The molecule has 2 amide bonds. The number of hydrogen-bond donors (Lipinski definition) is 1. The van der Waals surface area contributed by atoms with Crippen LogP contribution in [0.1, 0.15) is 49.5 Å². The van der Waals surface area contributed by atoms with Crippen molar-refractivity contribution in [1.29, 1.82) is 0 Å². The largest absolute Gasteiger partial charge is 0.450 e. The number of likely N-dealkylation sites (tertiary alicyclic amines) is 2. The van der Waals surface area contributed by atoms with E-state index in [1.165, 1.54) is 6.42 Å². The van der Waals surface area contributed by atoms with Crippen molar-refractivity contribution >= 4 is 17.7 Å². The van der Waals surface area contributed by atoms with Crippen molar-refractivity contribution in [2.45, 2.75) is 45.1 Å². The van der Waals surface area contributed by atoms with Crippen LogP contribution >= 0.6 is 0 Å². The third-order valence-corrected chi connectivity index (χ3v) is 5.02. The first-order chi connectivity index (χ1) is 12.7. The minimum Gasteiger partial charge on any atom is -0.450 e. The minimum atomic E-state index is -0.229. The van der Waals surface area contributed by atoms with Crippen LogP contribution in [0.25, 0.3) is 0 Å². The topological polar surface area (TPSA) is 74.8 Å². The number of rotatable bonds is 4. The van der Waals surface area contributed by atoms with E-state index in [2.05, 4.69) is 10.3 Å². The maximum absolute atomic E-state index is 12.4. The molecule has 1 aromatic rings. The van der Waals surface area contributed by atoms with Crippen molar-refractivity contribution < 1.29 is 14.3 Å². The van der Waals surface area contributed by atoms with Crippen LogP contribution in [-0.4, -0.2) is 65.6 Å². The predicted molar refractivity (Wildman–Crippen MR) is 99.2 cm³/mol. The first kappa shape index (κ1) is 18.5. The van der Waals surface area contributed by atoms with Gasteiger partial charge in [-0.25, -0.2) is 9.78 Å². The van der Waals surface area contributed by atoms with Crippen molar-refractivity contribution in [2.24, 2.45) is 0 Å². The number of aromatic nitrogens is 1. The maximum Gasteiger partial charge on any atom is 0.409 e. The number of pyridine rings is 1. The molecule has 0 aromatic carbocycles. The Hall–Kier alpha value is -2.31. The Balaban J connectivity index is 1.49. The number of piperidine rings is 2. The van der Waals surface area contributed by atoms with Crippen LogP contribution in [0.15, 0.2) is 18.3 Å². The average Bonchev–Trinajstić information content (AvgIpc) is 2.69. The molecule has 0 unspecified atom stereocenters. The van der Waals surface area contributed by atoms with E-state index in [0.717, 1.165) is 44.5 Å². The van der Waals surface area contributed by atoms with Crippen molar-refractivity contribution in [2.75, 3.05) is 38.1 Å². The molecule has 2 aliphatic rings. The molecule has 2 aliphatic heterocycles. The standard InChI is InChI=1S/C19H28N4O3/c1-2-26-19(25)23-12-8-15(9-13-23)21-16-6-7-17(20-14-16)18(24)22-10-4-3-5-11-22/h6-7,14-15,21H,2-5,8-13H2,1H3. The monoisotopic (exact) mass is 360 g/mol. The molecule has 3 heterocycles. The molecule has 142 valence electrons. The lowest BCUT2D eigenvalue weighted by Gasteiger charge is -2.32. The summed E-state index contributed by atoms with van der Waals surface area (Å²) in [5, 5.41) is 3.45. The third kappa shape index (κ3) is 4.65. The quantitative estimate of drug-likeness (QED) is 0.894. The van der Waals surface area contributed by atoms with Gasteiger partial charge in [0.05, 0.1) is 18.5 Å². The molecule has 0 atom stereocenters. The summed E-state index contributed by atoms with van der Waals surface area (Å²) in [5.41, 5.74) is 1.42. The number of nitrogens with zero attached hydrogens (tertiary/aromatic N) is 3. The summed E-state index contributed by atoms with van der Waals surface area (Å²) in [6, 6.07) is 4.01. The Kier molecular flexibility index (Phi) is 6.30. The molecule has 1 aromatic heterocycles. The fourth-order valence-electron chi connectivity index (χ4n) is 3.52. The highest BCUT2D eigenvalue weighted by molar-refractivity contribution is 5.92. The van der Waals surface area contributed by atoms with Gasteiger partial charge in [0.15, 0.2) is 0 Å². The Morgan fingerprint density at radius 3 is 2.46 bits per heavy atom. The van der Waals surface area contributed by atoms with Gasteiger partial charge in [0.2, 0.25) is 0 Å². The summed E-state index contributed by atoms with van der Waals surface area (Å²) in [7, 11) is 0.